The van der Waals surface area contributed by atoms with Gasteiger partial charge >= 0.3 is 0 Å². The van der Waals surface area contributed by atoms with Crippen LogP contribution in [0.3, 0.4) is 0 Å². The Balaban J connectivity index is 1.43. The minimum Gasteiger partial charge on any atom is -0.477 e. The molecule has 0 radical (unpaired) electrons. The van der Waals surface area contributed by atoms with E-state index in [1.54, 1.807) is 12.1 Å². The smallest absolute Gasteiger partial charge is 0.263 e. The van der Waals surface area contributed by atoms with E-state index in [4.69, 9.17) is 16.3 Å². The van der Waals surface area contributed by atoms with E-state index in [0.29, 0.717) is 22.7 Å². The number of benzene rings is 1. The molecule has 3 aliphatic carbocycles. The number of carbonyl (C=O) groups excluding carboxylic acids is 1. The van der Waals surface area contributed by atoms with Gasteiger partial charge in [-0.05, 0) is 42.9 Å². The van der Waals surface area contributed by atoms with E-state index in [9.17, 15) is 4.79 Å². The average molecular weight is 293 g/mol. The van der Waals surface area contributed by atoms with E-state index in [1.165, 1.54) is 0 Å². The molecule has 2 N–H and O–H groups in total. The van der Waals surface area contributed by atoms with Crippen molar-refractivity contribution < 1.29 is 9.53 Å². The van der Waals surface area contributed by atoms with Gasteiger partial charge in [0, 0.05) is 10.6 Å². The first-order chi connectivity index (χ1) is 9.47. The van der Waals surface area contributed by atoms with Crippen molar-refractivity contribution in [2.24, 2.45) is 5.41 Å². The first-order valence-electron chi connectivity index (χ1n) is 6.99. The standard InChI is InChI=1S/C15H17ClN2O2/c1-14-6-15(7-14,8-14)18-13(19)12-5-17-10-4-9(16)2-3-11(10)20-12/h2-4,12,17H,5-8H2,1H3,(H,18,19). The number of anilines is 1. The SMILES string of the molecule is CC12CC(NC(=O)C3CNc4cc(Cl)ccc4O3)(C1)C2. The van der Waals surface area contributed by atoms with E-state index in [1.807, 2.05) is 6.07 Å². The van der Waals surface area contributed by atoms with Crippen LogP contribution in [-0.4, -0.2) is 24.1 Å². The highest BCUT2D eigenvalue weighted by molar-refractivity contribution is 6.30. The third kappa shape index (κ3) is 1.78. The molecule has 5 heteroatoms. The Morgan fingerprint density at radius 1 is 1.45 bits per heavy atom. The second-order valence-corrected chi connectivity index (χ2v) is 7.17. The van der Waals surface area contributed by atoms with E-state index in [0.717, 1.165) is 24.9 Å². The zero-order chi connectivity index (χ0) is 14.0. The molecule has 2 bridgehead atoms. The molecule has 0 aromatic heterocycles. The summed E-state index contributed by atoms with van der Waals surface area (Å²) in [6.07, 6.45) is 2.86. The number of amides is 1. The lowest BCUT2D eigenvalue weighted by atomic mass is 9.40. The molecular weight excluding hydrogens is 276 g/mol. The van der Waals surface area contributed by atoms with Gasteiger partial charge in [-0.15, -0.1) is 0 Å². The van der Waals surface area contributed by atoms with Crippen LogP contribution in [0.4, 0.5) is 5.69 Å². The monoisotopic (exact) mass is 292 g/mol. The summed E-state index contributed by atoms with van der Waals surface area (Å²) in [5, 5.41) is 7.03. The second-order valence-electron chi connectivity index (χ2n) is 6.74. The summed E-state index contributed by atoms with van der Waals surface area (Å²) in [5.41, 5.74) is 1.40. The minimum absolute atomic E-state index is 0.0140. The Kier molecular flexibility index (Phi) is 2.35. The largest absolute Gasteiger partial charge is 0.477 e. The van der Waals surface area contributed by atoms with Crippen LogP contribution in [0.5, 0.6) is 5.75 Å². The summed E-state index contributed by atoms with van der Waals surface area (Å²) in [5.74, 6) is 0.671. The highest BCUT2D eigenvalue weighted by Crippen LogP contribution is 2.66. The van der Waals surface area contributed by atoms with Crippen LogP contribution < -0.4 is 15.4 Å². The molecule has 0 spiro atoms. The highest BCUT2D eigenvalue weighted by Gasteiger charge is 2.65. The fourth-order valence-corrected chi connectivity index (χ4v) is 4.23. The van der Waals surface area contributed by atoms with Gasteiger partial charge in [-0.2, -0.15) is 0 Å². The van der Waals surface area contributed by atoms with Crippen LogP contribution in [0.2, 0.25) is 5.02 Å². The van der Waals surface area contributed by atoms with Crippen molar-refractivity contribution in [1.82, 2.24) is 5.32 Å². The fraction of sp³-hybridized carbons (Fsp3) is 0.533. The van der Waals surface area contributed by atoms with Gasteiger partial charge in [0.05, 0.1) is 12.2 Å². The van der Waals surface area contributed by atoms with Crippen molar-refractivity contribution in [3.63, 3.8) is 0 Å². The Bertz CT molecular complexity index is 582. The molecule has 5 rings (SSSR count). The van der Waals surface area contributed by atoms with Crippen molar-refractivity contribution >= 4 is 23.2 Å². The fourth-order valence-electron chi connectivity index (χ4n) is 4.06. The molecule has 106 valence electrons. The predicted octanol–water partition coefficient (Wildman–Crippen LogP) is 2.57. The van der Waals surface area contributed by atoms with E-state index in [-0.39, 0.29) is 11.4 Å². The highest BCUT2D eigenvalue weighted by atomic mass is 35.5. The van der Waals surface area contributed by atoms with Gasteiger partial charge in [-0.1, -0.05) is 18.5 Å². The number of hydrogen-bond acceptors (Lipinski definition) is 3. The van der Waals surface area contributed by atoms with E-state index in [2.05, 4.69) is 17.6 Å². The Morgan fingerprint density at radius 2 is 2.20 bits per heavy atom. The number of carbonyl (C=O) groups is 1. The lowest BCUT2D eigenvalue weighted by Gasteiger charge is -2.69. The van der Waals surface area contributed by atoms with Crippen LogP contribution in [0, 0.1) is 5.41 Å². The molecule has 0 saturated heterocycles. The normalized spacial score (nSPS) is 36.6. The molecule has 1 aromatic carbocycles. The summed E-state index contributed by atoms with van der Waals surface area (Å²) < 4.78 is 5.77. The molecular formula is C15H17ClN2O2. The quantitative estimate of drug-likeness (QED) is 0.881. The van der Waals surface area contributed by atoms with E-state index < -0.39 is 6.10 Å². The maximum Gasteiger partial charge on any atom is 0.263 e. The summed E-state index contributed by atoms with van der Waals surface area (Å²) in [4.78, 5) is 12.3. The molecule has 3 fully saturated rings. The molecule has 1 unspecified atom stereocenters. The number of halogens is 1. The van der Waals surface area contributed by atoms with Gasteiger partial charge in [0.2, 0.25) is 0 Å². The van der Waals surface area contributed by atoms with Gasteiger partial charge < -0.3 is 15.4 Å². The van der Waals surface area contributed by atoms with Gasteiger partial charge in [-0.25, -0.2) is 0 Å². The zero-order valence-electron chi connectivity index (χ0n) is 11.3. The first-order valence-corrected chi connectivity index (χ1v) is 7.37. The van der Waals surface area contributed by atoms with Gasteiger partial charge in [0.15, 0.2) is 6.10 Å². The molecule has 1 heterocycles. The lowest BCUT2D eigenvalue weighted by Crippen LogP contribution is -2.74. The second kappa shape index (κ2) is 3.82. The maximum absolute atomic E-state index is 12.3. The molecule has 1 aliphatic heterocycles. The average Bonchev–Trinajstić information content (AvgIpc) is 2.34. The molecule has 1 amide bonds. The van der Waals surface area contributed by atoms with Gasteiger partial charge in [0.25, 0.3) is 5.91 Å². The molecule has 4 aliphatic rings. The number of ether oxygens (including phenoxy) is 1. The summed E-state index contributed by atoms with van der Waals surface area (Å²) in [6, 6.07) is 5.38. The molecule has 20 heavy (non-hydrogen) atoms. The third-order valence-electron chi connectivity index (χ3n) is 4.67. The number of fused-ring (bicyclic) bond motifs is 1. The number of hydrogen-bond donors (Lipinski definition) is 2. The van der Waals surface area contributed by atoms with Crippen molar-refractivity contribution in [1.29, 1.82) is 0 Å². The van der Waals surface area contributed by atoms with Crippen molar-refractivity contribution in [2.45, 2.75) is 37.8 Å². The van der Waals surface area contributed by atoms with Crippen LogP contribution in [0.15, 0.2) is 18.2 Å². The van der Waals surface area contributed by atoms with Crippen LogP contribution in [0.25, 0.3) is 0 Å². The van der Waals surface area contributed by atoms with Crippen molar-refractivity contribution in [3.8, 4) is 5.75 Å². The Labute approximate surface area is 122 Å². The van der Waals surface area contributed by atoms with Crippen LogP contribution in [-0.2, 0) is 4.79 Å². The first kappa shape index (κ1) is 12.3. The number of rotatable bonds is 2. The Hall–Kier alpha value is -1.42. The third-order valence-corrected chi connectivity index (χ3v) is 4.90. The maximum atomic E-state index is 12.3. The van der Waals surface area contributed by atoms with Crippen LogP contribution >= 0.6 is 11.6 Å². The molecule has 4 nitrogen and oxygen atoms in total. The summed E-state index contributed by atoms with van der Waals surface area (Å²) in [6.45, 7) is 2.76. The zero-order valence-corrected chi connectivity index (χ0v) is 12.1. The topological polar surface area (TPSA) is 50.4 Å². The predicted molar refractivity (Wildman–Crippen MR) is 77.2 cm³/mol. The van der Waals surface area contributed by atoms with Crippen molar-refractivity contribution in [2.75, 3.05) is 11.9 Å². The summed E-state index contributed by atoms with van der Waals surface area (Å²) >= 11 is 5.93. The van der Waals surface area contributed by atoms with Crippen LogP contribution in [0.1, 0.15) is 26.2 Å². The molecule has 1 atom stereocenters. The van der Waals surface area contributed by atoms with Crippen molar-refractivity contribution in [3.05, 3.63) is 23.2 Å². The lowest BCUT2D eigenvalue weighted by molar-refractivity contribution is -0.161. The van der Waals surface area contributed by atoms with Gasteiger partial charge in [0.1, 0.15) is 5.75 Å². The molecule has 1 aromatic rings. The van der Waals surface area contributed by atoms with Gasteiger partial charge in [-0.3, -0.25) is 4.79 Å². The minimum atomic E-state index is -0.467. The Morgan fingerprint density at radius 3 is 2.90 bits per heavy atom. The number of nitrogens with one attached hydrogen (secondary N) is 2. The summed E-state index contributed by atoms with van der Waals surface area (Å²) in [7, 11) is 0. The molecule has 3 saturated carbocycles. The van der Waals surface area contributed by atoms with E-state index >= 15 is 0 Å².